The third-order valence-electron chi connectivity index (χ3n) is 3.27. The summed E-state index contributed by atoms with van der Waals surface area (Å²) in [6.45, 7) is 6.59. The molecule has 0 aliphatic carbocycles. The molecule has 1 aromatic rings. The summed E-state index contributed by atoms with van der Waals surface area (Å²) in [7, 11) is 1.43. The fourth-order valence-electron chi connectivity index (χ4n) is 1.94. The summed E-state index contributed by atoms with van der Waals surface area (Å²) in [5.74, 6) is 0.720. The van der Waals surface area contributed by atoms with E-state index in [4.69, 9.17) is 0 Å². The molecule has 1 rings (SSSR count). The Bertz CT molecular complexity index is 472. The Labute approximate surface area is 137 Å². The number of ether oxygens (including phenoxy) is 1. The van der Waals surface area contributed by atoms with Crippen molar-refractivity contribution in [1.82, 2.24) is 10.6 Å². The average molecular weight is 325 g/mol. The molecule has 0 atom stereocenters. The van der Waals surface area contributed by atoms with E-state index in [1.165, 1.54) is 17.6 Å². The number of carbonyl (C=O) groups is 1. The molecule has 0 aliphatic rings. The number of aryl methyl sites for hydroxylation is 1. The quantitative estimate of drug-likeness (QED) is 0.317. The van der Waals surface area contributed by atoms with Crippen LogP contribution in [-0.2, 0) is 16.1 Å². The molecule has 0 saturated heterocycles. The zero-order valence-electron chi connectivity index (χ0n) is 13.8. The maximum absolute atomic E-state index is 11.0. The fourth-order valence-corrected chi connectivity index (χ4v) is 2.77. The van der Waals surface area contributed by atoms with Crippen molar-refractivity contribution < 1.29 is 9.53 Å². The maximum atomic E-state index is 11.0. The molecular formula is C16H27N3O2S. The summed E-state index contributed by atoms with van der Waals surface area (Å²) >= 11 is 1.74. The number of hydrogen-bond acceptors (Lipinski definition) is 4. The molecule has 5 nitrogen and oxygen atoms in total. The van der Waals surface area contributed by atoms with E-state index in [2.05, 4.69) is 45.7 Å². The van der Waals surface area contributed by atoms with Crippen LogP contribution in [0.25, 0.3) is 0 Å². The minimum atomic E-state index is -0.130. The van der Waals surface area contributed by atoms with Gasteiger partial charge in [0.2, 0.25) is 0 Å². The van der Waals surface area contributed by atoms with Crippen molar-refractivity contribution in [3.8, 4) is 0 Å². The first-order chi connectivity index (χ1) is 10.7. The molecular weight excluding hydrogens is 298 g/mol. The van der Waals surface area contributed by atoms with E-state index in [0.717, 1.165) is 38.3 Å². The Kier molecular flexibility index (Phi) is 9.30. The molecule has 0 spiro atoms. The summed E-state index contributed by atoms with van der Waals surface area (Å²) in [4.78, 5) is 16.9. The molecule has 2 N–H and O–H groups in total. The molecule has 0 aliphatic heterocycles. The van der Waals surface area contributed by atoms with E-state index >= 15 is 0 Å². The standard InChI is InChI=1S/C16H27N3O2S/c1-4-17-16(19-12-14-13(2)9-11-22-14)18-10-7-5-6-8-15(20)21-3/h9,11H,4-8,10,12H2,1-3H3,(H2,17,18,19). The van der Waals surface area contributed by atoms with Crippen LogP contribution in [0.3, 0.4) is 0 Å². The Morgan fingerprint density at radius 1 is 1.32 bits per heavy atom. The van der Waals surface area contributed by atoms with Gasteiger partial charge in [0.25, 0.3) is 0 Å². The Morgan fingerprint density at radius 2 is 2.14 bits per heavy atom. The summed E-state index contributed by atoms with van der Waals surface area (Å²) in [5.41, 5.74) is 1.30. The van der Waals surface area contributed by atoms with E-state index in [-0.39, 0.29) is 5.97 Å². The van der Waals surface area contributed by atoms with Crippen molar-refractivity contribution in [1.29, 1.82) is 0 Å². The van der Waals surface area contributed by atoms with Crippen LogP contribution in [0.2, 0.25) is 0 Å². The Morgan fingerprint density at radius 3 is 2.77 bits per heavy atom. The maximum Gasteiger partial charge on any atom is 0.305 e. The predicted octanol–water partition coefficient (Wildman–Crippen LogP) is 2.85. The van der Waals surface area contributed by atoms with Crippen LogP contribution in [0.15, 0.2) is 16.4 Å². The van der Waals surface area contributed by atoms with E-state index in [1.807, 2.05) is 0 Å². The minimum Gasteiger partial charge on any atom is -0.469 e. The van der Waals surface area contributed by atoms with Gasteiger partial charge >= 0.3 is 5.97 Å². The van der Waals surface area contributed by atoms with Crippen molar-refractivity contribution in [3.63, 3.8) is 0 Å². The summed E-state index contributed by atoms with van der Waals surface area (Å²) in [6, 6.07) is 2.12. The lowest BCUT2D eigenvalue weighted by atomic mass is 10.2. The van der Waals surface area contributed by atoms with Crippen molar-refractivity contribution in [2.24, 2.45) is 4.99 Å². The molecule has 0 amide bonds. The molecule has 0 fully saturated rings. The van der Waals surface area contributed by atoms with Gasteiger partial charge in [0.15, 0.2) is 5.96 Å². The zero-order valence-corrected chi connectivity index (χ0v) is 14.6. The van der Waals surface area contributed by atoms with Gasteiger partial charge in [-0.1, -0.05) is 6.42 Å². The van der Waals surface area contributed by atoms with Gasteiger partial charge in [0.05, 0.1) is 13.7 Å². The van der Waals surface area contributed by atoms with Crippen molar-refractivity contribution in [2.45, 2.75) is 46.1 Å². The number of methoxy groups -OCH3 is 1. The van der Waals surface area contributed by atoms with Gasteiger partial charge in [0, 0.05) is 24.4 Å². The average Bonchev–Trinajstić information content (AvgIpc) is 2.93. The van der Waals surface area contributed by atoms with Gasteiger partial charge in [-0.25, -0.2) is 4.99 Å². The van der Waals surface area contributed by atoms with Crippen molar-refractivity contribution in [3.05, 3.63) is 21.9 Å². The van der Waals surface area contributed by atoms with Gasteiger partial charge in [-0.15, -0.1) is 11.3 Å². The van der Waals surface area contributed by atoms with E-state index in [9.17, 15) is 4.79 Å². The number of nitrogens with zero attached hydrogens (tertiary/aromatic N) is 1. The van der Waals surface area contributed by atoms with E-state index < -0.39 is 0 Å². The second-order valence-electron chi connectivity index (χ2n) is 5.04. The predicted molar refractivity (Wildman–Crippen MR) is 92.4 cm³/mol. The largest absolute Gasteiger partial charge is 0.469 e. The smallest absolute Gasteiger partial charge is 0.305 e. The number of nitrogens with one attached hydrogen (secondary N) is 2. The van der Waals surface area contributed by atoms with Gasteiger partial charge in [-0.3, -0.25) is 4.79 Å². The fraction of sp³-hybridized carbons (Fsp3) is 0.625. The van der Waals surface area contributed by atoms with Crippen LogP contribution in [0.1, 0.15) is 43.0 Å². The molecule has 0 saturated carbocycles. The number of thiophene rings is 1. The molecule has 1 heterocycles. The SMILES string of the molecule is CCNC(=NCc1sccc1C)NCCCCCC(=O)OC. The highest BCUT2D eigenvalue weighted by Gasteiger charge is 2.02. The number of esters is 1. The van der Waals surface area contributed by atoms with Crippen LogP contribution in [0.5, 0.6) is 0 Å². The third-order valence-corrected chi connectivity index (χ3v) is 4.28. The van der Waals surface area contributed by atoms with Gasteiger partial charge in [-0.2, -0.15) is 0 Å². The lowest BCUT2D eigenvalue weighted by Crippen LogP contribution is -2.37. The Hall–Kier alpha value is -1.56. The summed E-state index contributed by atoms with van der Waals surface area (Å²) < 4.78 is 4.62. The molecule has 0 radical (unpaired) electrons. The number of guanidine groups is 1. The Balaban J connectivity index is 2.26. The third kappa shape index (κ3) is 7.45. The van der Waals surface area contributed by atoms with Gasteiger partial charge in [0.1, 0.15) is 0 Å². The normalized spacial score (nSPS) is 11.3. The van der Waals surface area contributed by atoms with Crippen molar-refractivity contribution >= 4 is 23.3 Å². The second-order valence-corrected chi connectivity index (χ2v) is 6.04. The van der Waals surface area contributed by atoms with Gasteiger partial charge in [-0.05, 0) is 43.7 Å². The highest BCUT2D eigenvalue weighted by Crippen LogP contribution is 2.16. The van der Waals surface area contributed by atoms with Crippen LogP contribution < -0.4 is 10.6 Å². The van der Waals surface area contributed by atoms with E-state index in [1.54, 1.807) is 11.3 Å². The lowest BCUT2D eigenvalue weighted by molar-refractivity contribution is -0.140. The van der Waals surface area contributed by atoms with Crippen molar-refractivity contribution in [2.75, 3.05) is 20.2 Å². The summed E-state index contributed by atoms with van der Waals surface area (Å²) in [6.07, 6.45) is 3.39. The zero-order chi connectivity index (χ0) is 16.2. The highest BCUT2D eigenvalue weighted by atomic mass is 32.1. The monoisotopic (exact) mass is 325 g/mol. The molecule has 0 unspecified atom stereocenters. The molecule has 1 aromatic heterocycles. The van der Waals surface area contributed by atoms with E-state index in [0.29, 0.717) is 13.0 Å². The summed E-state index contributed by atoms with van der Waals surface area (Å²) in [5, 5.41) is 8.68. The lowest BCUT2D eigenvalue weighted by Gasteiger charge is -2.11. The number of hydrogen-bond donors (Lipinski definition) is 2. The number of rotatable bonds is 9. The first-order valence-electron chi connectivity index (χ1n) is 7.79. The molecule has 0 bridgehead atoms. The van der Waals surface area contributed by atoms with Crippen LogP contribution in [-0.4, -0.2) is 32.1 Å². The molecule has 6 heteroatoms. The topological polar surface area (TPSA) is 62.7 Å². The highest BCUT2D eigenvalue weighted by molar-refractivity contribution is 7.10. The number of unbranched alkanes of at least 4 members (excludes halogenated alkanes) is 2. The van der Waals surface area contributed by atoms with Crippen LogP contribution in [0.4, 0.5) is 0 Å². The molecule has 22 heavy (non-hydrogen) atoms. The second kappa shape index (κ2) is 11.1. The van der Waals surface area contributed by atoms with Crippen LogP contribution in [0, 0.1) is 6.92 Å². The molecule has 124 valence electrons. The first kappa shape index (κ1) is 18.5. The number of aliphatic imine (C=N–C) groups is 1. The minimum absolute atomic E-state index is 0.130. The molecule has 0 aromatic carbocycles. The number of carbonyl (C=O) groups excluding carboxylic acids is 1. The first-order valence-corrected chi connectivity index (χ1v) is 8.67. The van der Waals surface area contributed by atoms with Gasteiger partial charge < -0.3 is 15.4 Å². The van der Waals surface area contributed by atoms with Crippen LogP contribution >= 0.6 is 11.3 Å².